The second kappa shape index (κ2) is 6.97. The van der Waals surface area contributed by atoms with Crippen LogP contribution in [0.3, 0.4) is 0 Å². The highest BCUT2D eigenvalue weighted by Crippen LogP contribution is 2.11. The number of unbranched alkanes of at least 4 members (excludes halogenated alkanes) is 2. The summed E-state index contributed by atoms with van der Waals surface area (Å²) < 4.78 is 0. The third-order valence-electron chi connectivity index (χ3n) is 2.41. The molecule has 0 unspecified atom stereocenters. The van der Waals surface area contributed by atoms with E-state index in [1.807, 2.05) is 0 Å². The number of hydrogen-bond donors (Lipinski definition) is 0. The highest BCUT2D eigenvalue weighted by molar-refractivity contribution is 7.80. The summed E-state index contributed by atoms with van der Waals surface area (Å²) in [6.45, 7) is 2.09. The number of thiocarbonyl (C=S) groups is 1. The molecule has 1 rings (SSSR count). The van der Waals surface area contributed by atoms with Crippen LogP contribution in [-0.2, 0) is 0 Å². The molecule has 82 valence electrons. The summed E-state index contributed by atoms with van der Waals surface area (Å²) in [6, 6.07) is 8.44. The van der Waals surface area contributed by atoms with Crippen molar-refractivity contribution in [3.05, 3.63) is 35.4 Å². The molecule has 0 saturated heterocycles. The Balaban J connectivity index is 2.37. The average Bonchev–Trinajstić information content (AvgIpc) is 2.25. The van der Waals surface area contributed by atoms with Crippen molar-refractivity contribution in [1.29, 1.82) is 0 Å². The Morgan fingerprint density at radius 1 is 1.13 bits per heavy atom. The predicted octanol–water partition coefficient (Wildman–Crippen LogP) is 4.51. The van der Waals surface area contributed by atoms with E-state index >= 15 is 0 Å². The maximum Gasteiger partial charge on any atom is 0.0224 e. The van der Waals surface area contributed by atoms with Crippen LogP contribution >= 0.6 is 23.8 Å². The molecule has 0 saturated carbocycles. The van der Waals surface area contributed by atoms with E-state index < -0.39 is 0 Å². The Morgan fingerprint density at radius 3 is 2.40 bits per heavy atom. The Labute approximate surface area is 103 Å². The van der Waals surface area contributed by atoms with Crippen LogP contribution < -0.4 is 0 Å². The van der Waals surface area contributed by atoms with Gasteiger partial charge in [0.1, 0.15) is 0 Å². The third kappa shape index (κ3) is 4.76. The number of rotatable bonds is 6. The zero-order valence-corrected chi connectivity index (χ0v) is 10.7. The largest absolute Gasteiger partial charge is 0.127 e. The quantitative estimate of drug-likeness (QED) is 0.305. The van der Waals surface area contributed by atoms with Crippen molar-refractivity contribution in [3.8, 4) is 0 Å². The first kappa shape index (κ1) is 12.7. The number of benzene rings is 1. The van der Waals surface area contributed by atoms with Gasteiger partial charge in [0, 0.05) is 10.7 Å². The summed E-state index contributed by atoms with van der Waals surface area (Å²) in [7, 11) is 0. The van der Waals surface area contributed by atoms with Gasteiger partial charge in [-0.1, -0.05) is 48.5 Å². The van der Waals surface area contributed by atoms with Crippen molar-refractivity contribution in [2.45, 2.75) is 32.6 Å². The fourth-order valence-electron chi connectivity index (χ4n) is 1.44. The van der Waals surface area contributed by atoms with Crippen LogP contribution in [0.2, 0.25) is 0 Å². The molecule has 0 bridgehead atoms. The lowest BCUT2D eigenvalue weighted by Gasteiger charge is -2.04. The van der Waals surface area contributed by atoms with Crippen LogP contribution in [0.25, 0.3) is 0 Å². The van der Waals surface area contributed by atoms with Gasteiger partial charge in [0.05, 0.1) is 0 Å². The van der Waals surface area contributed by atoms with Crippen LogP contribution in [0, 0.1) is 6.92 Å². The zero-order valence-electron chi connectivity index (χ0n) is 9.13. The van der Waals surface area contributed by atoms with Crippen molar-refractivity contribution in [3.63, 3.8) is 0 Å². The Kier molecular flexibility index (Phi) is 5.89. The minimum absolute atomic E-state index is 0.761. The van der Waals surface area contributed by atoms with E-state index in [0.29, 0.717) is 0 Å². The lowest BCUT2D eigenvalue weighted by Crippen LogP contribution is -1.97. The Morgan fingerprint density at radius 2 is 1.80 bits per heavy atom. The van der Waals surface area contributed by atoms with E-state index in [9.17, 15) is 0 Å². The molecule has 0 amide bonds. The van der Waals surface area contributed by atoms with Gasteiger partial charge in [-0.3, -0.25) is 0 Å². The molecule has 0 spiro atoms. The third-order valence-corrected chi connectivity index (χ3v) is 3.12. The first-order valence-corrected chi connectivity index (χ1v) is 6.34. The topological polar surface area (TPSA) is 0 Å². The monoisotopic (exact) mass is 240 g/mol. The summed E-state index contributed by atoms with van der Waals surface area (Å²) in [5, 5.41) is 0. The van der Waals surface area contributed by atoms with E-state index in [4.69, 9.17) is 23.8 Å². The highest BCUT2D eigenvalue weighted by atomic mass is 35.5. The van der Waals surface area contributed by atoms with Crippen molar-refractivity contribution >= 4 is 28.7 Å². The minimum Gasteiger partial charge on any atom is -0.127 e. The highest BCUT2D eigenvalue weighted by Gasteiger charge is 2.00. The van der Waals surface area contributed by atoms with E-state index in [1.165, 1.54) is 17.5 Å². The van der Waals surface area contributed by atoms with Gasteiger partial charge in [-0.2, -0.15) is 0 Å². The van der Waals surface area contributed by atoms with Gasteiger partial charge in [-0.05, 0) is 31.7 Å². The maximum absolute atomic E-state index is 5.62. The Bertz CT molecular complexity index is 303. The first-order valence-electron chi connectivity index (χ1n) is 5.40. The van der Waals surface area contributed by atoms with Crippen LogP contribution in [0.5, 0.6) is 0 Å². The number of aryl methyl sites for hydroxylation is 1. The fourth-order valence-corrected chi connectivity index (χ4v) is 1.91. The summed E-state index contributed by atoms with van der Waals surface area (Å²) in [6.07, 6.45) is 4.43. The number of hydrogen-bond acceptors (Lipinski definition) is 1. The lowest BCUT2D eigenvalue weighted by molar-refractivity contribution is 0.749. The molecule has 0 aliphatic heterocycles. The van der Waals surface area contributed by atoms with Crippen molar-refractivity contribution in [1.82, 2.24) is 0 Å². The van der Waals surface area contributed by atoms with Gasteiger partial charge in [0.15, 0.2) is 0 Å². The SMILES string of the molecule is Cc1ccc(C(=S)CCCCCCl)cc1. The van der Waals surface area contributed by atoms with Gasteiger partial charge in [0.25, 0.3) is 0 Å². The van der Waals surface area contributed by atoms with Crippen molar-refractivity contribution < 1.29 is 0 Å². The minimum atomic E-state index is 0.761. The van der Waals surface area contributed by atoms with E-state index in [2.05, 4.69) is 31.2 Å². The zero-order chi connectivity index (χ0) is 11.1. The molecule has 2 heteroatoms. The lowest BCUT2D eigenvalue weighted by atomic mass is 10.0. The molecule has 0 aliphatic rings. The summed E-state index contributed by atoms with van der Waals surface area (Å²) in [5.41, 5.74) is 2.48. The molecule has 0 radical (unpaired) electrons. The molecule has 15 heavy (non-hydrogen) atoms. The van der Waals surface area contributed by atoms with Gasteiger partial charge >= 0.3 is 0 Å². The molecule has 0 nitrogen and oxygen atoms in total. The summed E-state index contributed by atoms with van der Waals surface area (Å²) in [4.78, 5) is 1.07. The van der Waals surface area contributed by atoms with Crippen LogP contribution in [0.4, 0.5) is 0 Å². The van der Waals surface area contributed by atoms with Crippen LogP contribution in [0.1, 0.15) is 36.8 Å². The number of alkyl halides is 1. The molecule has 0 atom stereocenters. The predicted molar refractivity (Wildman–Crippen MR) is 72.1 cm³/mol. The Hall–Kier alpha value is -0.400. The van der Waals surface area contributed by atoms with Gasteiger partial charge in [-0.15, -0.1) is 11.6 Å². The van der Waals surface area contributed by atoms with Gasteiger partial charge in [0.2, 0.25) is 0 Å². The standard InChI is InChI=1S/C13H17ClS/c1-11-6-8-12(9-7-11)13(15)5-3-2-4-10-14/h6-9H,2-5,10H2,1H3. The van der Waals surface area contributed by atoms with E-state index in [0.717, 1.165) is 30.0 Å². The molecule has 0 heterocycles. The molecular weight excluding hydrogens is 224 g/mol. The molecule has 1 aromatic carbocycles. The van der Waals surface area contributed by atoms with Crippen molar-refractivity contribution in [2.24, 2.45) is 0 Å². The second-order valence-electron chi connectivity index (χ2n) is 3.79. The van der Waals surface area contributed by atoms with Crippen LogP contribution in [0.15, 0.2) is 24.3 Å². The summed E-state index contributed by atoms with van der Waals surface area (Å²) >= 11 is 11.0. The van der Waals surface area contributed by atoms with E-state index in [-0.39, 0.29) is 0 Å². The van der Waals surface area contributed by atoms with Gasteiger partial charge < -0.3 is 0 Å². The van der Waals surface area contributed by atoms with Gasteiger partial charge in [-0.25, -0.2) is 0 Å². The van der Waals surface area contributed by atoms with Crippen molar-refractivity contribution in [2.75, 3.05) is 5.88 Å². The molecule has 1 aromatic rings. The van der Waals surface area contributed by atoms with E-state index in [1.54, 1.807) is 0 Å². The first-order chi connectivity index (χ1) is 7.24. The molecular formula is C13H17ClS. The fraction of sp³-hybridized carbons (Fsp3) is 0.462. The number of halogens is 1. The maximum atomic E-state index is 5.62. The second-order valence-corrected chi connectivity index (χ2v) is 4.66. The molecule has 0 N–H and O–H groups in total. The normalized spacial score (nSPS) is 10.3. The average molecular weight is 241 g/mol. The summed E-state index contributed by atoms with van der Waals surface area (Å²) in [5.74, 6) is 0.761. The van der Waals surface area contributed by atoms with Crippen LogP contribution in [-0.4, -0.2) is 10.7 Å². The smallest absolute Gasteiger partial charge is 0.0224 e. The molecule has 0 fully saturated rings. The molecule has 0 aromatic heterocycles. The molecule has 0 aliphatic carbocycles.